The molecule has 0 N–H and O–H groups in total. The van der Waals surface area contributed by atoms with Gasteiger partial charge in [0.05, 0.1) is 18.8 Å². The average molecular weight is 369 g/mol. The number of rotatable bonds is 12. The third-order valence-electron chi connectivity index (χ3n) is 5.29. The van der Waals surface area contributed by atoms with E-state index < -0.39 is 5.79 Å². The molecule has 0 saturated carbocycles. The van der Waals surface area contributed by atoms with Gasteiger partial charge >= 0.3 is 0 Å². The van der Waals surface area contributed by atoms with E-state index in [2.05, 4.69) is 6.58 Å². The molecule has 26 heavy (non-hydrogen) atoms. The first kappa shape index (κ1) is 21.9. The molecule has 2 saturated heterocycles. The van der Waals surface area contributed by atoms with Crippen molar-refractivity contribution in [2.24, 2.45) is 0 Å². The summed E-state index contributed by atoms with van der Waals surface area (Å²) in [5.74, 6) is -0.837. The molecule has 2 fully saturated rings. The highest BCUT2D eigenvalue weighted by Gasteiger charge is 2.39. The quantitative estimate of drug-likeness (QED) is 0.325. The lowest BCUT2D eigenvalue weighted by atomic mass is 10.0. The van der Waals surface area contributed by atoms with Crippen molar-refractivity contribution in [2.45, 2.75) is 122 Å². The lowest BCUT2D eigenvalue weighted by Gasteiger charge is -2.17. The third kappa shape index (κ3) is 7.67. The number of ether oxygens (including phenoxy) is 4. The van der Waals surface area contributed by atoms with Crippen LogP contribution in [0.1, 0.15) is 91.9 Å². The maximum atomic E-state index is 5.97. The van der Waals surface area contributed by atoms with E-state index in [-0.39, 0.29) is 18.0 Å². The standard InChI is InChI=1S/C22H40O4/c1-6-19-20(26-22(4,5)25-19)16-14-12-10-8-7-9-11-13-15-18-17-23-21(2,3)24-18/h6,18-20H,1,7-17H2,2-5H3/t18-,19-,20-/m1/s1. The predicted molar refractivity (Wildman–Crippen MR) is 105 cm³/mol. The van der Waals surface area contributed by atoms with Gasteiger partial charge in [0.1, 0.15) is 6.10 Å². The molecule has 0 unspecified atom stereocenters. The highest BCUT2D eigenvalue weighted by atomic mass is 16.8. The zero-order chi connectivity index (χ0) is 19.0. The second-order valence-electron chi connectivity index (χ2n) is 8.73. The molecule has 0 aromatic rings. The summed E-state index contributed by atoms with van der Waals surface area (Å²) in [6.07, 6.45) is 15.0. The lowest BCUT2D eigenvalue weighted by Crippen LogP contribution is -2.21. The highest BCUT2D eigenvalue weighted by molar-refractivity contribution is 4.92. The lowest BCUT2D eigenvalue weighted by molar-refractivity contribution is -0.143. The fourth-order valence-corrected chi connectivity index (χ4v) is 3.97. The Balaban J connectivity index is 1.39. The molecule has 0 bridgehead atoms. The minimum absolute atomic E-state index is 0.0461. The predicted octanol–water partition coefficient (Wildman–Crippen LogP) is 5.75. The highest BCUT2D eigenvalue weighted by Crippen LogP contribution is 2.31. The summed E-state index contributed by atoms with van der Waals surface area (Å²) in [5, 5.41) is 0. The van der Waals surface area contributed by atoms with Crippen LogP contribution in [0.4, 0.5) is 0 Å². The van der Waals surface area contributed by atoms with Gasteiger partial charge in [-0.25, -0.2) is 0 Å². The van der Waals surface area contributed by atoms with Crippen molar-refractivity contribution >= 4 is 0 Å². The molecule has 0 radical (unpaired) electrons. The molecule has 3 atom stereocenters. The zero-order valence-corrected chi connectivity index (χ0v) is 17.4. The van der Waals surface area contributed by atoms with Gasteiger partial charge in [0.15, 0.2) is 11.6 Å². The van der Waals surface area contributed by atoms with Crippen molar-refractivity contribution < 1.29 is 18.9 Å². The van der Waals surface area contributed by atoms with Crippen LogP contribution in [0.5, 0.6) is 0 Å². The number of unbranched alkanes of at least 4 members (excludes halogenated alkanes) is 7. The van der Waals surface area contributed by atoms with Crippen LogP contribution < -0.4 is 0 Å². The van der Waals surface area contributed by atoms with E-state index in [1.807, 2.05) is 33.8 Å². The Labute approximate surface area is 160 Å². The van der Waals surface area contributed by atoms with E-state index in [1.54, 1.807) is 0 Å². The fourth-order valence-electron chi connectivity index (χ4n) is 3.97. The summed E-state index contributed by atoms with van der Waals surface area (Å²) in [6, 6.07) is 0. The maximum absolute atomic E-state index is 5.97. The van der Waals surface area contributed by atoms with Crippen LogP contribution in [0.3, 0.4) is 0 Å². The second kappa shape index (κ2) is 10.2. The molecule has 0 amide bonds. The monoisotopic (exact) mass is 368 g/mol. The van der Waals surface area contributed by atoms with Crippen molar-refractivity contribution in [1.82, 2.24) is 0 Å². The van der Waals surface area contributed by atoms with Gasteiger partial charge in [0.2, 0.25) is 0 Å². The largest absolute Gasteiger partial charge is 0.348 e. The van der Waals surface area contributed by atoms with Crippen LogP contribution in [0.2, 0.25) is 0 Å². The van der Waals surface area contributed by atoms with Gasteiger partial charge in [0, 0.05) is 0 Å². The zero-order valence-electron chi connectivity index (χ0n) is 17.4. The van der Waals surface area contributed by atoms with Crippen molar-refractivity contribution in [1.29, 1.82) is 0 Å². The van der Waals surface area contributed by atoms with E-state index in [9.17, 15) is 0 Å². The van der Waals surface area contributed by atoms with Gasteiger partial charge in [0.25, 0.3) is 0 Å². The molecule has 0 aromatic carbocycles. The van der Waals surface area contributed by atoms with Gasteiger partial charge in [-0.2, -0.15) is 0 Å². The molecule has 152 valence electrons. The van der Waals surface area contributed by atoms with E-state index in [1.165, 1.54) is 51.4 Å². The Morgan fingerprint density at radius 3 is 1.88 bits per heavy atom. The van der Waals surface area contributed by atoms with Gasteiger partial charge in [-0.3, -0.25) is 0 Å². The molecule has 2 rings (SSSR count). The molecule has 0 spiro atoms. The molecular weight excluding hydrogens is 328 g/mol. The normalized spacial score (nSPS) is 29.9. The van der Waals surface area contributed by atoms with Gasteiger partial charge < -0.3 is 18.9 Å². The molecule has 4 nitrogen and oxygen atoms in total. The molecule has 2 aliphatic rings. The van der Waals surface area contributed by atoms with Crippen LogP contribution in [-0.4, -0.2) is 36.5 Å². The van der Waals surface area contributed by atoms with E-state index >= 15 is 0 Å². The number of hydrogen-bond acceptors (Lipinski definition) is 4. The third-order valence-corrected chi connectivity index (χ3v) is 5.29. The smallest absolute Gasteiger partial charge is 0.164 e. The molecule has 4 heteroatoms. The van der Waals surface area contributed by atoms with Gasteiger partial charge in [-0.1, -0.05) is 57.4 Å². The minimum atomic E-state index is -0.463. The maximum Gasteiger partial charge on any atom is 0.164 e. The first-order chi connectivity index (χ1) is 12.3. The van der Waals surface area contributed by atoms with Crippen LogP contribution in [-0.2, 0) is 18.9 Å². The summed E-state index contributed by atoms with van der Waals surface area (Å²) in [4.78, 5) is 0. The molecule has 2 heterocycles. The van der Waals surface area contributed by atoms with Crippen LogP contribution in [0.15, 0.2) is 12.7 Å². The first-order valence-electron chi connectivity index (χ1n) is 10.6. The topological polar surface area (TPSA) is 36.9 Å². The van der Waals surface area contributed by atoms with Crippen LogP contribution in [0.25, 0.3) is 0 Å². The Bertz CT molecular complexity index is 418. The van der Waals surface area contributed by atoms with Crippen molar-refractivity contribution in [3.8, 4) is 0 Å². The Morgan fingerprint density at radius 2 is 1.35 bits per heavy atom. The summed E-state index contributed by atoms with van der Waals surface area (Å²) < 4.78 is 23.2. The second-order valence-corrected chi connectivity index (χ2v) is 8.73. The summed E-state index contributed by atoms with van der Waals surface area (Å²) >= 11 is 0. The van der Waals surface area contributed by atoms with Crippen LogP contribution >= 0.6 is 0 Å². The van der Waals surface area contributed by atoms with Crippen molar-refractivity contribution in [2.75, 3.05) is 6.61 Å². The van der Waals surface area contributed by atoms with Gasteiger partial charge in [-0.05, 0) is 40.5 Å². The van der Waals surface area contributed by atoms with E-state index in [0.717, 1.165) is 19.4 Å². The van der Waals surface area contributed by atoms with Crippen molar-refractivity contribution in [3.05, 3.63) is 12.7 Å². The van der Waals surface area contributed by atoms with E-state index in [4.69, 9.17) is 18.9 Å². The summed E-state index contributed by atoms with van der Waals surface area (Å²) in [5.41, 5.74) is 0. The Morgan fingerprint density at radius 1 is 0.769 bits per heavy atom. The molecule has 0 aliphatic carbocycles. The molecular formula is C22H40O4. The first-order valence-corrected chi connectivity index (χ1v) is 10.6. The average Bonchev–Trinajstić information content (AvgIpc) is 3.07. The van der Waals surface area contributed by atoms with E-state index in [0.29, 0.717) is 6.10 Å². The minimum Gasteiger partial charge on any atom is -0.348 e. The summed E-state index contributed by atoms with van der Waals surface area (Å²) in [7, 11) is 0. The van der Waals surface area contributed by atoms with Crippen LogP contribution in [0, 0.1) is 0 Å². The fraction of sp³-hybridized carbons (Fsp3) is 0.909. The SMILES string of the molecule is C=C[C@H]1OC(C)(C)O[C@@H]1CCCCCCCCCC[C@@H]1COC(C)(C)O1. The molecule has 0 aromatic heterocycles. The van der Waals surface area contributed by atoms with Gasteiger partial charge in [-0.15, -0.1) is 6.58 Å². The summed E-state index contributed by atoms with van der Waals surface area (Å²) in [6.45, 7) is 12.6. The Hall–Kier alpha value is -0.420. The molecule has 2 aliphatic heterocycles. The van der Waals surface area contributed by atoms with Crippen molar-refractivity contribution in [3.63, 3.8) is 0 Å². The number of hydrogen-bond donors (Lipinski definition) is 0. The Kier molecular flexibility index (Phi) is 8.59.